The third kappa shape index (κ3) is 2.74. The number of methoxy groups -OCH3 is 1. The van der Waals surface area contributed by atoms with Gasteiger partial charge in [0.15, 0.2) is 6.79 Å². The van der Waals surface area contributed by atoms with Crippen LogP contribution in [-0.4, -0.2) is 51.5 Å². The summed E-state index contributed by atoms with van der Waals surface area (Å²) in [4.78, 5) is 0. The fraction of sp³-hybridized carbons (Fsp3) is 0.571. The smallest absolute Gasteiger partial charge is 0.189 e. The molecule has 2 heterocycles. The summed E-state index contributed by atoms with van der Waals surface area (Å²) in [5.74, 6) is 0.792. The standard InChI is InChI=1S/C14H18O5/c1-15-11-7-16-14-12(8-17-13(11)14)19-9-18-10-5-3-2-4-6-10/h2-6,11-14H,7-9H2,1H3. The van der Waals surface area contributed by atoms with Crippen LogP contribution in [0.5, 0.6) is 5.75 Å². The highest BCUT2D eigenvalue weighted by molar-refractivity contribution is 5.20. The molecule has 4 atom stereocenters. The summed E-state index contributed by atoms with van der Waals surface area (Å²) in [7, 11) is 1.67. The molecule has 2 saturated heterocycles. The van der Waals surface area contributed by atoms with Gasteiger partial charge < -0.3 is 23.7 Å². The van der Waals surface area contributed by atoms with Crippen molar-refractivity contribution in [3.8, 4) is 5.75 Å². The zero-order valence-corrected chi connectivity index (χ0v) is 10.9. The van der Waals surface area contributed by atoms with Crippen molar-refractivity contribution in [2.45, 2.75) is 24.4 Å². The molecular formula is C14H18O5. The van der Waals surface area contributed by atoms with Crippen LogP contribution in [0.1, 0.15) is 0 Å². The van der Waals surface area contributed by atoms with Crippen LogP contribution in [0.2, 0.25) is 0 Å². The quantitative estimate of drug-likeness (QED) is 0.750. The van der Waals surface area contributed by atoms with Crippen molar-refractivity contribution in [2.75, 3.05) is 27.1 Å². The predicted molar refractivity (Wildman–Crippen MR) is 67.1 cm³/mol. The summed E-state index contributed by atoms with van der Waals surface area (Å²) >= 11 is 0. The van der Waals surface area contributed by atoms with Gasteiger partial charge in [-0.1, -0.05) is 18.2 Å². The molecule has 2 fully saturated rings. The third-order valence-electron chi connectivity index (χ3n) is 3.52. The minimum atomic E-state index is -0.0890. The molecule has 2 aliphatic rings. The second-order valence-corrected chi connectivity index (χ2v) is 4.65. The van der Waals surface area contributed by atoms with Crippen LogP contribution in [0.25, 0.3) is 0 Å². The van der Waals surface area contributed by atoms with Crippen LogP contribution in [-0.2, 0) is 18.9 Å². The average Bonchev–Trinajstić information content (AvgIpc) is 3.02. The summed E-state index contributed by atoms with van der Waals surface area (Å²) in [5, 5.41) is 0. The van der Waals surface area contributed by atoms with Gasteiger partial charge in [-0.05, 0) is 12.1 Å². The van der Waals surface area contributed by atoms with Gasteiger partial charge in [0.25, 0.3) is 0 Å². The summed E-state index contributed by atoms with van der Waals surface area (Å²) in [6.07, 6.45) is -0.154. The van der Waals surface area contributed by atoms with Gasteiger partial charge in [0.2, 0.25) is 0 Å². The van der Waals surface area contributed by atoms with Gasteiger partial charge in [-0.25, -0.2) is 0 Å². The third-order valence-corrected chi connectivity index (χ3v) is 3.52. The first-order chi connectivity index (χ1) is 9.38. The van der Waals surface area contributed by atoms with Gasteiger partial charge in [-0.2, -0.15) is 0 Å². The Morgan fingerprint density at radius 1 is 1.05 bits per heavy atom. The predicted octanol–water partition coefficient (Wildman–Crippen LogP) is 1.22. The first-order valence-corrected chi connectivity index (χ1v) is 6.44. The van der Waals surface area contributed by atoms with Crippen LogP contribution >= 0.6 is 0 Å². The van der Waals surface area contributed by atoms with E-state index in [2.05, 4.69) is 0 Å². The van der Waals surface area contributed by atoms with Crippen LogP contribution in [0, 0.1) is 0 Å². The van der Waals surface area contributed by atoms with Crippen LogP contribution in [0.3, 0.4) is 0 Å². The highest BCUT2D eigenvalue weighted by Gasteiger charge is 2.48. The summed E-state index contributed by atoms with van der Waals surface area (Å²) in [5.41, 5.74) is 0. The van der Waals surface area contributed by atoms with Crippen molar-refractivity contribution in [1.82, 2.24) is 0 Å². The van der Waals surface area contributed by atoms with Crippen LogP contribution in [0.4, 0.5) is 0 Å². The molecule has 104 valence electrons. The van der Waals surface area contributed by atoms with Gasteiger partial charge in [-0.3, -0.25) is 0 Å². The molecule has 5 nitrogen and oxygen atoms in total. The highest BCUT2D eigenvalue weighted by atomic mass is 16.7. The van der Waals surface area contributed by atoms with Crippen LogP contribution in [0.15, 0.2) is 30.3 Å². The lowest BCUT2D eigenvalue weighted by molar-refractivity contribution is -0.0844. The number of hydrogen-bond donors (Lipinski definition) is 0. The molecule has 0 aromatic heterocycles. The van der Waals surface area contributed by atoms with Crippen molar-refractivity contribution in [2.24, 2.45) is 0 Å². The molecule has 19 heavy (non-hydrogen) atoms. The maximum absolute atomic E-state index is 5.69. The maximum Gasteiger partial charge on any atom is 0.189 e. The Kier molecular flexibility index (Phi) is 3.98. The van der Waals surface area contributed by atoms with E-state index in [1.54, 1.807) is 7.11 Å². The molecule has 0 saturated carbocycles. The van der Waals surface area contributed by atoms with Crippen molar-refractivity contribution < 1.29 is 23.7 Å². The molecule has 0 spiro atoms. The van der Waals surface area contributed by atoms with E-state index < -0.39 is 0 Å². The number of benzene rings is 1. The Labute approximate surface area is 112 Å². The fourth-order valence-electron chi connectivity index (χ4n) is 2.48. The lowest BCUT2D eigenvalue weighted by atomic mass is 10.1. The maximum atomic E-state index is 5.69. The number of fused-ring (bicyclic) bond motifs is 1. The van der Waals surface area contributed by atoms with Gasteiger partial charge in [0.05, 0.1) is 13.2 Å². The van der Waals surface area contributed by atoms with E-state index in [0.29, 0.717) is 13.2 Å². The average molecular weight is 266 g/mol. The molecule has 0 bridgehead atoms. The Morgan fingerprint density at radius 2 is 1.74 bits per heavy atom. The SMILES string of the molecule is COC1COC2C(OCOc3ccccc3)COC12. The molecule has 0 aliphatic carbocycles. The highest BCUT2D eigenvalue weighted by Crippen LogP contribution is 2.30. The van der Waals surface area contributed by atoms with E-state index in [9.17, 15) is 0 Å². The Morgan fingerprint density at radius 3 is 2.47 bits per heavy atom. The lowest BCUT2D eigenvalue weighted by Crippen LogP contribution is -2.34. The van der Waals surface area contributed by atoms with Crippen molar-refractivity contribution >= 4 is 0 Å². The van der Waals surface area contributed by atoms with E-state index in [0.717, 1.165) is 5.75 Å². The Bertz CT molecular complexity index is 396. The first kappa shape index (κ1) is 12.9. The molecule has 4 unspecified atom stereocenters. The minimum Gasteiger partial charge on any atom is -0.468 e. The summed E-state index contributed by atoms with van der Waals surface area (Å²) < 4.78 is 27.8. The topological polar surface area (TPSA) is 46.2 Å². The van der Waals surface area contributed by atoms with Gasteiger partial charge in [0.1, 0.15) is 30.2 Å². The number of hydrogen-bond acceptors (Lipinski definition) is 5. The Balaban J connectivity index is 1.47. The zero-order chi connectivity index (χ0) is 13.1. The molecular weight excluding hydrogens is 248 g/mol. The van der Waals surface area contributed by atoms with E-state index in [1.165, 1.54) is 0 Å². The fourth-order valence-corrected chi connectivity index (χ4v) is 2.48. The first-order valence-electron chi connectivity index (χ1n) is 6.44. The van der Waals surface area contributed by atoms with Gasteiger partial charge in [0, 0.05) is 7.11 Å². The van der Waals surface area contributed by atoms with Gasteiger partial charge >= 0.3 is 0 Å². The normalized spacial score (nSPS) is 33.3. The van der Waals surface area contributed by atoms with E-state index in [1.807, 2.05) is 30.3 Å². The molecule has 5 heteroatoms. The Hall–Kier alpha value is -1.14. The second kappa shape index (κ2) is 5.88. The van der Waals surface area contributed by atoms with Crippen molar-refractivity contribution in [1.29, 1.82) is 0 Å². The van der Waals surface area contributed by atoms with Gasteiger partial charge in [-0.15, -0.1) is 0 Å². The molecule has 0 radical (unpaired) electrons. The summed E-state index contributed by atoms with van der Waals surface area (Å²) in [6, 6.07) is 9.58. The monoisotopic (exact) mass is 266 g/mol. The molecule has 2 aliphatic heterocycles. The molecule has 3 rings (SSSR count). The molecule has 0 amide bonds. The number of para-hydroxylation sites is 1. The minimum absolute atomic E-state index is 0.00800. The molecule has 1 aromatic rings. The van der Waals surface area contributed by atoms with E-state index in [-0.39, 0.29) is 31.2 Å². The van der Waals surface area contributed by atoms with Crippen molar-refractivity contribution in [3.05, 3.63) is 30.3 Å². The lowest BCUT2D eigenvalue weighted by Gasteiger charge is -2.17. The second-order valence-electron chi connectivity index (χ2n) is 4.65. The number of rotatable bonds is 5. The van der Waals surface area contributed by atoms with E-state index >= 15 is 0 Å². The molecule has 0 N–H and O–H groups in total. The summed E-state index contributed by atoms with van der Waals surface area (Å²) in [6.45, 7) is 1.28. The molecule has 1 aromatic carbocycles. The number of ether oxygens (including phenoxy) is 5. The van der Waals surface area contributed by atoms with Crippen LogP contribution < -0.4 is 4.74 Å². The van der Waals surface area contributed by atoms with E-state index in [4.69, 9.17) is 23.7 Å². The van der Waals surface area contributed by atoms with Crippen molar-refractivity contribution in [3.63, 3.8) is 0 Å². The zero-order valence-electron chi connectivity index (χ0n) is 10.9. The largest absolute Gasteiger partial charge is 0.468 e.